The summed E-state index contributed by atoms with van der Waals surface area (Å²) in [6.45, 7) is 3.77. The third kappa shape index (κ3) is 4.71. The number of benzene rings is 3. The molecule has 6 heteroatoms. The van der Waals surface area contributed by atoms with E-state index >= 15 is 0 Å². The number of nitrogens with zero attached hydrogens (tertiary/aromatic N) is 2. The van der Waals surface area contributed by atoms with E-state index in [1.165, 1.54) is 11.3 Å². The van der Waals surface area contributed by atoms with Crippen LogP contribution in [0.3, 0.4) is 0 Å². The summed E-state index contributed by atoms with van der Waals surface area (Å²) in [7, 11) is 0. The van der Waals surface area contributed by atoms with Gasteiger partial charge in [0.25, 0.3) is 5.91 Å². The molecule has 0 radical (unpaired) electrons. The SMILES string of the molecule is CCOCCn1c(=NC(=O)c2ccc(C(=O)c3ccccc3)cc2)sc2ccccc21. The monoisotopic (exact) mass is 430 g/mol. The number of thiazole rings is 1. The number of fused-ring (bicyclic) bond motifs is 1. The molecule has 0 bridgehead atoms. The van der Waals surface area contributed by atoms with Crippen molar-refractivity contribution < 1.29 is 14.3 Å². The lowest BCUT2D eigenvalue weighted by Gasteiger charge is -2.05. The van der Waals surface area contributed by atoms with Gasteiger partial charge >= 0.3 is 0 Å². The maximum Gasteiger partial charge on any atom is 0.279 e. The van der Waals surface area contributed by atoms with Gasteiger partial charge in [0, 0.05) is 29.8 Å². The second kappa shape index (κ2) is 9.64. The number of ketones is 1. The molecular weight excluding hydrogens is 408 g/mol. The van der Waals surface area contributed by atoms with E-state index in [9.17, 15) is 9.59 Å². The van der Waals surface area contributed by atoms with Crippen LogP contribution in [0, 0.1) is 0 Å². The minimum atomic E-state index is -0.338. The molecule has 31 heavy (non-hydrogen) atoms. The molecule has 3 aromatic carbocycles. The van der Waals surface area contributed by atoms with E-state index in [0.717, 1.165) is 10.2 Å². The molecule has 1 amide bonds. The lowest BCUT2D eigenvalue weighted by atomic mass is 10.0. The molecule has 5 nitrogen and oxygen atoms in total. The summed E-state index contributed by atoms with van der Waals surface area (Å²) in [4.78, 5) is 30.4. The van der Waals surface area contributed by atoms with E-state index in [4.69, 9.17) is 4.74 Å². The lowest BCUT2D eigenvalue weighted by molar-refractivity contribution is 0.0993. The topological polar surface area (TPSA) is 60.7 Å². The highest BCUT2D eigenvalue weighted by Crippen LogP contribution is 2.17. The first-order chi connectivity index (χ1) is 15.2. The van der Waals surface area contributed by atoms with Crippen LogP contribution in [0.4, 0.5) is 0 Å². The van der Waals surface area contributed by atoms with E-state index in [0.29, 0.717) is 41.3 Å². The summed E-state index contributed by atoms with van der Waals surface area (Å²) in [5, 5.41) is 0. The van der Waals surface area contributed by atoms with Crippen molar-refractivity contribution >= 4 is 33.2 Å². The zero-order valence-electron chi connectivity index (χ0n) is 17.2. The minimum Gasteiger partial charge on any atom is -0.380 e. The number of carbonyl (C=O) groups excluding carboxylic acids is 2. The molecule has 0 spiro atoms. The summed E-state index contributed by atoms with van der Waals surface area (Å²) in [5.41, 5.74) is 2.63. The van der Waals surface area contributed by atoms with Crippen molar-refractivity contribution in [2.45, 2.75) is 13.5 Å². The average molecular weight is 431 g/mol. The number of aromatic nitrogens is 1. The predicted octanol–water partition coefficient (Wildman–Crippen LogP) is 4.71. The van der Waals surface area contributed by atoms with Crippen molar-refractivity contribution in [1.29, 1.82) is 0 Å². The van der Waals surface area contributed by atoms with Gasteiger partial charge in [0.05, 0.1) is 16.8 Å². The number of para-hydroxylation sites is 1. The van der Waals surface area contributed by atoms with Crippen molar-refractivity contribution in [2.75, 3.05) is 13.2 Å². The molecule has 1 heterocycles. The number of hydrogen-bond acceptors (Lipinski definition) is 4. The van der Waals surface area contributed by atoms with Gasteiger partial charge in [-0.15, -0.1) is 0 Å². The summed E-state index contributed by atoms with van der Waals surface area (Å²) in [5.74, 6) is -0.412. The molecular formula is C25H22N2O3S. The smallest absolute Gasteiger partial charge is 0.279 e. The Kier molecular flexibility index (Phi) is 6.50. The summed E-state index contributed by atoms with van der Waals surface area (Å²) in [6.07, 6.45) is 0. The Morgan fingerprint density at radius 1 is 0.871 bits per heavy atom. The fourth-order valence-electron chi connectivity index (χ4n) is 3.29. The molecule has 4 rings (SSSR count). The summed E-state index contributed by atoms with van der Waals surface area (Å²) < 4.78 is 8.58. The Labute approximate surface area is 184 Å². The van der Waals surface area contributed by atoms with E-state index in [1.807, 2.05) is 54.0 Å². The molecule has 0 aliphatic heterocycles. The first kappa shape index (κ1) is 20.9. The summed E-state index contributed by atoms with van der Waals surface area (Å²) >= 11 is 1.48. The highest BCUT2D eigenvalue weighted by atomic mass is 32.1. The minimum absolute atomic E-state index is 0.0742. The lowest BCUT2D eigenvalue weighted by Crippen LogP contribution is -2.19. The van der Waals surface area contributed by atoms with Crippen molar-refractivity contribution in [3.63, 3.8) is 0 Å². The zero-order chi connectivity index (χ0) is 21.6. The van der Waals surface area contributed by atoms with Crippen LogP contribution >= 0.6 is 11.3 Å². The molecule has 0 aliphatic rings. The second-order valence-corrected chi connectivity index (χ2v) is 7.90. The highest BCUT2D eigenvalue weighted by Gasteiger charge is 2.12. The quantitative estimate of drug-likeness (QED) is 0.315. The molecule has 0 saturated carbocycles. The molecule has 0 N–H and O–H groups in total. The maximum atomic E-state index is 12.8. The van der Waals surface area contributed by atoms with Gasteiger partial charge in [-0.05, 0) is 31.2 Å². The van der Waals surface area contributed by atoms with Crippen LogP contribution in [0.5, 0.6) is 0 Å². The molecule has 0 aliphatic carbocycles. The van der Waals surface area contributed by atoms with Crippen molar-refractivity contribution in [1.82, 2.24) is 4.57 Å². The van der Waals surface area contributed by atoms with E-state index in [-0.39, 0.29) is 11.7 Å². The maximum absolute atomic E-state index is 12.8. The van der Waals surface area contributed by atoms with E-state index < -0.39 is 0 Å². The number of rotatable bonds is 7. The first-order valence-corrected chi connectivity index (χ1v) is 10.9. The largest absolute Gasteiger partial charge is 0.380 e. The highest BCUT2D eigenvalue weighted by molar-refractivity contribution is 7.16. The Morgan fingerprint density at radius 3 is 2.26 bits per heavy atom. The van der Waals surface area contributed by atoms with E-state index in [1.54, 1.807) is 36.4 Å². The molecule has 0 fully saturated rings. The van der Waals surface area contributed by atoms with Crippen LogP contribution in [0.15, 0.2) is 83.9 Å². The third-order valence-corrected chi connectivity index (χ3v) is 5.94. The number of hydrogen-bond donors (Lipinski definition) is 0. The molecule has 1 aromatic heterocycles. The van der Waals surface area contributed by atoms with Crippen LogP contribution in [0.1, 0.15) is 33.2 Å². The Morgan fingerprint density at radius 2 is 1.52 bits per heavy atom. The van der Waals surface area contributed by atoms with Crippen LogP contribution in [-0.2, 0) is 11.3 Å². The zero-order valence-corrected chi connectivity index (χ0v) is 18.0. The number of ether oxygens (including phenoxy) is 1. The van der Waals surface area contributed by atoms with Gasteiger partial charge in [-0.1, -0.05) is 65.9 Å². The molecule has 0 atom stereocenters. The fraction of sp³-hybridized carbons (Fsp3) is 0.160. The van der Waals surface area contributed by atoms with Crippen LogP contribution in [-0.4, -0.2) is 29.5 Å². The fourth-order valence-corrected chi connectivity index (χ4v) is 4.35. The van der Waals surface area contributed by atoms with Gasteiger partial charge in [0.15, 0.2) is 10.6 Å². The van der Waals surface area contributed by atoms with Gasteiger partial charge in [-0.25, -0.2) is 0 Å². The number of amides is 1. The van der Waals surface area contributed by atoms with Gasteiger partial charge in [0.1, 0.15) is 0 Å². The van der Waals surface area contributed by atoms with Crippen LogP contribution in [0.25, 0.3) is 10.2 Å². The molecule has 4 aromatic rings. The van der Waals surface area contributed by atoms with Gasteiger partial charge in [0.2, 0.25) is 0 Å². The van der Waals surface area contributed by atoms with Crippen molar-refractivity contribution in [2.24, 2.45) is 4.99 Å². The van der Waals surface area contributed by atoms with Crippen molar-refractivity contribution in [3.05, 3.63) is 100 Å². The standard InChI is InChI=1S/C25H22N2O3S/c1-2-30-17-16-27-21-10-6-7-11-22(21)31-25(27)26-24(29)20-14-12-19(13-15-20)23(28)18-8-4-3-5-9-18/h3-15H,2,16-17H2,1H3. The second-order valence-electron chi connectivity index (χ2n) is 6.89. The van der Waals surface area contributed by atoms with Gasteiger partial charge < -0.3 is 9.30 Å². The normalized spacial score (nSPS) is 11.7. The van der Waals surface area contributed by atoms with Crippen LogP contribution < -0.4 is 4.80 Å². The van der Waals surface area contributed by atoms with Gasteiger partial charge in [-0.3, -0.25) is 9.59 Å². The molecule has 0 saturated heterocycles. The third-order valence-electron chi connectivity index (χ3n) is 4.88. The van der Waals surface area contributed by atoms with E-state index in [2.05, 4.69) is 4.99 Å². The number of carbonyl (C=O) groups is 2. The Bertz CT molecular complexity index is 1270. The van der Waals surface area contributed by atoms with Crippen molar-refractivity contribution in [3.8, 4) is 0 Å². The Hall–Kier alpha value is -3.35. The first-order valence-electron chi connectivity index (χ1n) is 10.1. The van der Waals surface area contributed by atoms with Crippen LogP contribution in [0.2, 0.25) is 0 Å². The average Bonchev–Trinajstić information content (AvgIpc) is 3.16. The summed E-state index contributed by atoms with van der Waals surface area (Å²) in [6, 6.07) is 23.7. The molecule has 156 valence electrons. The predicted molar refractivity (Wildman–Crippen MR) is 123 cm³/mol. The molecule has 0 unspecified atom stereocenters. The van der Waals surface area contributed by atoms with Gasteiger partial charge in [-0.2, -0.15) is 4.99 Å². The Balaban J connectivity index is 1.62.